The Balaban J connectivity index is 1.56. The molecule has 0 amide bonds. The maximum Gasteiger partial charge on any atom is 0.243 e. The van der Waals surface area contributed by atoms with E-state index in [0.29, 0.717) is 23.9 Å². The summed E-state index contributed by atoms with van der Waals surface area (Å²) in [6.07, 6.45) is 3.45. The summed E-state index contributed by atoms with van der Waals surface area (Å²) in [6, 6.07) is 8.65. The molecule has 0 saturated carbocycles. The minimum absolute atomic E-state index is 0.372. The van der Waals surface area contributed by atoms with Gasteiger partial charge in [-0.05, 0) is 44.7 Å². The zero-order valence-corrected chi connectivity index (χ0v) is 15.5. The van der Waals surface area contributed by atoms with E-state index in [1.165, 1.54) is 0 Å². The maximum atomic E-state index is 12.6. The van der Waals surface area contributed by atoms with Gasteiger partial charge in [-0.2, -0.15) is 4.31 Å². The highest BCUT2D eigenvalue weighted by Gasteiger charge is 2.29. The Kier molecular flexibility index (Phi) is 5.34. The van der Waals surface area contributed by atoms with Gasteiger partial charge in [0.2, 0.25) is 10.0 Å². The fourth-order valence-electron chi connectivity index (χ4n) is 3.04. The molecule has 2 heterocycles. The molecule has 0 aliphatic carbocycles. The van der Waals surface area contributed by atoms with Crippen LogP contribution in [-0.2, 0) is 10.0 Å². The van der Waals surface area contributed by atoms with Crippen molar-refractivity contribution in [2.75, 3.05) is 25.0 Å². The number of sulfonamides is 1. The fourth-order valence-corrected chi connectivity index (χ4v) is 4.53. The van der Waals surface area contributed by atoms with Crippen molar-refractivity contribution in [2.45, 2.75) is 31.6 Å². The van der Waals surface area contributed by atoms with Crippen LogP contribution in [-0.4, -0.2) is 42.3 Å². The third kappa shape index (κ3) is 4.16. The number of anilines is 1. The third-order valence-electron chi connectivity index (χ3n) is 4.59. The third-order valence-corrected chi connectivity index (χ3v) is 6.50. The summed E-state index contributed by atoms with van der Waals surface area (Å²) < 4.78 is 26.9. The Hall–Kier alpha value is -1.99. The molecule has 6 nitrogen and oxygen atoms in total. The molecular weight excluding hydrogens is 336 g/mol. The van der Waals surface area contributed by atoms with Gasteiger partial charge in [0.1, 0.15) is 5.82 Å². The molecule has 1 aromatic carbocycles. The van der Waals surface area contributed by atoms with Gasteiger partial charge in [-0.25, -0.2) is 13.4 Å². The van der Waals surface area contributed by atoms with Crippen LogP contribution in [0.4, 0.5) is 5.82 Å². The molecule has 2 aromatic rings. The average Bonchev–Trinajstić information content (AvgIpc) is 2.63. The number of piperidine rings is 1. The van der Waals surface area contributed by atoms with Crippen molar-refractivity contribution in [3.63, 3.8) is 0 Å². The smallest absolute Gasteiger partial charge is 0.243 e. The normalized spacial score (nSPS) is 16.7. The van der Waals surface area contributed by atoms with Crippen LogP contribution in [0.3, 0.4) is 0 Å². The maximum absolute atomic E-state index is 12.6. The van der Waals surface area contributed by atoms with Crippen molar-refractivity contribution < 1.29 is 8.42 Å². The SMILES string of the molecule is Cc1cnc(C)c(NCC2CCN(S(=O)(=O)c3ccccc3)CC2)n1. The van der Waals surface area contributed by atoms with E-state index in [2.05, 4.69) is 15.3 Å². The molecule has 0 unspecified atom stereocenters. The van der Waals surface area contributed by atoms with Crippen molar-refractivity contribution in [2.24, 2.45) is 5.92 Å². The first-order valence-electron chi connectivity index (χ1n) is 8.56. The van der Waals surface area contributed by atoms with Crippen LogP contribution < -0.4 is 5.32 Å². The Bertz CT molecular complexity index is 816. The molecule has 1 N–H and O–H groups in total. The number of hydrogen-bond acceptors (Lipinski definition) is 5. The van der Waals surface area contributed by atoms with E-state index in [9.17, 15) is 8.42 Å². The van der Waals surface area contributed by atoms with Gasteiger partial charge >= 0.3 is 0 Å². The van der Waals surface area contributed by atoms with E-state index in [1.54, 1.807) is 34.8 Å². The van der Waals surface area contributed by atoms with Crippen molar-refractivity contribution in [3.05, 3.63) is 47.9 Å². The Morgan fingerprint density at radius 2 is 1.84 bits per heavy atom. The van der Waals surface area contributed by atoms with Crippen molar-refractivity contribution >= 4 is 15.8 Å². The molecule has 0 atom stereocenters. The lowest BCUT2D eigenvalue weighted by Crippen LogP contribution is -2.39. The molecule has 7 heteroatoms. The summed E-state index contributed by atoms with van der Waals surface area (Å²) in [5.41, 5.74) is 1.77. The predicted molar refractivity (Wildman–Crippen MR) is 97.9 cm³/mol. The van der Waals surface area contributed by atoms with Gasteiger partial charge in [-0.1, -0.05) is 18.2 Å². The molecule has 0 radical (unpaired) electrons. The molecule has 0 spiro atoms. The first-order chi connectivity index (χ1) is 12.0. The highest BCUT2D eigenvalue weighted by atomic mass is 32.2. The second kappa shape index (κ2) is 7.49. The number of benzene rings is 1. The van der Waals surface area contributed by atoms with Gasteiger partial charge in [0.25, 0.3) is 0 Å². The molecule has 3 rings (SSSR count). The molecule has 0 bridgehead atoms. The van der Waals surface area contributed by atoms with Gasteiger partial charge in [0, 0.05) is 25.8 Å². The monoisotopic (exact) mass is 360 g/mol. The van der Waals surface area contributed by atoms with Gasteiger partial charge in [-0.15, -0.1) is 0 Å². The zero-order chi connectivity index (χ0) is 17.9. The van der Waals surface area contributed by atoms with Crippen LogP contribution in [0.2, 0.25) is 0 Å². The van der Waals surface area contributed by atoms with Gasteiger partial charge < -0.3 is 5.32 Å². The van der Waals surface area contributed by atoms with Gasteiger partial charge in [0.15, 0.2) is 0 Å². The topological polar surface area (TPSA) is 75.2 Å². The summed E-state index contributed by atoms with van der Waals surface area (Å²) in [4.78, 5) is 9.15. The average molecular weight is 360 g/mol. The van der Waals surface area contributed by atoms with Crippen LogP contribution in [0.1, 0.15) is 24.2 Å². The molecule has 25 heavy (non-hydrogen) atoms. The number of rotatable bonds is 5. The van der Waals surface area contributed by atoms with Crippen molar-refractivity contribution in [3.8, 4) is 0 Å². The molecule has 1 aliphatic heterocycles. The lowest BCUT2D eigenvalue weighted by molar-refractivity contribution is 0.282. The van der Waals surface area contributed by atoms with Crippen molar-refractivity contribution in [1.82, 2.24) is 14.3 Å². The van der Waals surface area contributed by atoms with E-state index in [-0.39, 0.29) is 0 Å². The fraction of sp³-hybridized carbons (Fsp3) is 0.444. The molecular formula is C18H24N4O2S. The summed E-state index contributed by atoms with van der Waals surface area (Å²) in [5, 5.41) is 3.37. The largest absolute Gasteiger partial charge is 0.368 e. The number of aryl methyl sites for hydroxylation is 2. The predicted octanol–water partition coefficient (Wildman–Crippen LogP) is 2.61. The highest BCUT2D eigenvalue weighted by molar-refractivity contribution is 7.89. The van der Waals surface area contributed by atoms with E-state index >= 15 is 0 Å². The summed E-state index contributed by atoms with van der Waals surface area (Å²) in [6.45, 7) is 5.76. The summed E-state index contributed by atoms with van der Waals surface area (Å²) >= 11 is 0. The Morgan fingerprint density at radius 1 is 1.16 bits per heavy atom. The number of hydrogen-bond donors (Lipinski definition) is 1. The number of nitrogens with one attached hydrogen (secondary N) is 1. The van der Waals surface area contributed by atoms with E-state index < -0.39 is 10.0 Å². The van der Waals surface area contributed by atoms with Gasteiger partial charge in [-0.3, -0.25) is 4.98 Å². The zero-order valence-electron chi connectivity index (χ0n) is 14.6. The van der Waals surface area contributed by atoms with Crippen LogP contribution in [0.25, 0.3) is 0 Å². The van der Waals surface area contributed by atoms with Crippen molar-refractivity contribution in [1.29, 1.82) is 0 Å². The van der Waals surface area contributed by atoms with E-state index in [4.69, 9.17) is 0 Å². The minimum atomic E-state index is -3.37. The van der Waals surface area contributed by atoms with E-state index in [1.807, 2.05) is 19.9 Å². The van der Waals surface area contributed by atoms with E-state index in [0.717, 1.165) is 36.6 Å². The first-order valence-corrected chi connectivity index (χ1v) is 10.00. The lowest BCUT2D eigenvalue weighted by atomic mass is 9.98. The Labute approximate surface area is 149 Å². The standard InChI is InChI=1S/C18H24N4O2S/c1-14-12-19-15(2)18(21-14)20-13-16-8-10-22(11-9-16)25(23,24)17-6-4-3-5-7-17/h3-7,12,16H,8-11,13H2,1-2H3,(H,20,21). The second-order valence-electron chi connectivity index (χ2n) is 6.49. The summed E-state index contributed by atoms with van der Waals surface area (Å²) in [5.74, 6) is 1.25. The molecule has 134 valence electrons. The lowest BCUT2D eigenvalue weighted by Gasteiger charge is -2.31. The van der Waals surface area contributed by atoms with Crippen LogP contribution >= 0.6 is 0 Å². The van der Waals surface area contributed by atoms with Crippen LogP contribution in [0, 0.1) is 19.8 Å². The number of nitrogens with zero attached hydrogens (tertiary/aromatic N) is 3. The summed E-state index contributed by atoms with van der Waals surface area (Å²) in [7, 11) is -3.37. The van der Waals surface area contributed by atoms with Crippen LogP contribution in [0.15, 0.2) is 41.4 Å². The molecule has 1 saturated heterocycles. The molecule has 1 aromatic heterocycles. The Morgan fingerprint density at radius 3 is 2.52 bits per heavy atom. The molecule has 1 aliphatic rings. The highest BCUT2D eigenvalue weighted by Crippen LogP contribution is 2.24. The first kappa shape index (κ1) is 17.8. The van der Waals surface area contributed by atoms with Crippen LogP contribution in [0.5, 0.6) is 0 Å². The minimum Gasteiger partial charge on any atom is -0.368 e. The van der Waals surface area contributed by atoms with Gasteiger partial charge in [0.05, 0.1) is 16.3 Å². The number of aromatic nitrogens is 2. The second-order valence-corrected chi connectivity index (χ2v) is 8.42. The molecule has 1 fully saturated rings. The quantitative estimate of drug-likeness (QED) is 0.887.